The summed E-state index contributed by atoms with van der Waals surface area (Å²) in [6.45, 7) is 10.1. The number of rotatable bonds is 5. The monoisotopic (exact) mass is 362 g/mol. The van der Waals surface area contributed by atoms with Gasteiger partial charge in [-0.25, -0.2) is 0 Å². The van der Waals surface area contributed by atoms with Crippen LogP contribution in [0.2, 0.25) is 0 Å². The van der Waals surface area contributed by atoms with Gasteiger partial charge in [-0.1, -0.05) is 49.7 Å². The standard InChI is InChI=1S/C22H26N4O/c1-6-17-9-8-10-18(7-2)21(17)23-22(27)20-16(5)24-26(25-20)19-12-11-14(3)13-15(19)4/h8-13H,6-7H2,1-5H3,(H,23,27). The van der Waals surface area contributed by atoms with E-state index in [9.17, 15) is 4.79 Å². The van der Waals surface area contributed by atoms with Crippen molar-refractivity contribution in [3.63, 3.8) is 0 Å². The number of hydrogen-bond donors (Lipinski definition) is 1. The normalized spacial score (nSPS) is 10.9. The Bertz CT molecular complexity index is 966. The number of carbonyl (C=O) groups excluding carboxylic acids is 1. The van der Waals surface area contributed by atoms with Crippen LogP contribution in [0, 0.1) is 20.8 Å². The summed E-state index contributed by atoms with van der Waals surface area (Å²) >= 11 is 0. The van der Waals surface area contributed by atoms with Gasteiger partial charge in [-0.05, 0) is 56.4 Å². The van der Waals surface area contributed by atoms with Gasteiger partial charge >= 0.3 is 0 Å². The summed E-state index contributed by atoms with van der Waals surface area (Å²) in [6.07, 6.45) is 1.72. The van der Waals surface area contributed by atoms with Gasteiger partial charge in [0.25, 0.3) is 5.91 Å². The Labute approximate surface area is 160 Å². The van der Waals surface area contributed by atoms with Crippen molar-refractivity contribution in [2.45, 2.75) is 47.5 Å². The van der Waals surface area contributed by atoms with Crippen LogP contribution in [0.15, 0.2) is 36.4 Å². The predicted molar refractivity (Wildman–Crippen MR) is 109 cm³/mol. The van der Waals surface area contributed by atoms with Crippen molar-refractivity contribution in [1.82, 2.24) is 15.0 Å². The van der Waals surface area contributed by atoms with Crippen LogP contribution < -0.4 is 5.32 Å². The summed E-state index contributed by atoms with van der Waals surface area (Å²) in [5, 5.41) is 12.0. The zero-order valence-corrected chi connectivity index (χ0v) is 16.6. The van der Waals surface area contributed by atoms with Gasteiger partial charge in [-0.3, -0.25) is 4.79 Å². The molecule has 0 fully saturated rings. The molecule has 3 rings (SSSR count). The molecule has 5 nitrogen and oxygen atoms in total. The predicted octanol–water partition coefficient (Wildman–Crippen LogP) is 4.57. The molecule has 3 aromatic rings. The molecular weight excluding hydrogens is 336 g/mol. The van der Waals surface area contributed by atoms with Gasteiger partial charge in [0.05, 0.1) is 11.4 Å². The molecule has 0 aliphatic rings. The minimum Gasteiger partial charge on any atom is -0.320 e. The third-order valence-corrected chi connectivity index (χ3v) is 4.80. The molecule has 0 aliphatic carbocycles. The van der Waals surface area contributed by atoms with Crippen LogP contribution in [0.5, 0.6) is 0 Å². The first-order chi connectivity index (χ1) is 12.9. The summed E-state index contributed by atoms with van der Waals surface area (Å²) in [4.78, 5) is 14.5. The molecule has 27 heavy (non-hydrogen) atoms. The lowest BCUT2D eigenvalue weighted by Crippen LogP contribution is -2.17. The molecule has 0 bridgehead atoms. The van der Waals surface area contributed by atoms with Crippen molar-refractivity contribution in [1.29, 1.82) is 0 Å². The fourth-order valence-corrected chi connectivity index (χ4v) is 3.30. The van der Waals surface area contributed by atoms with Crippen LogP contribution in [0.3, 0.4) is 0 Å². The van der Waals surface area contributed by atoms with Gasteiger partial charge in [0.15, 0.2) is 5.69 Å². The Hall–Kier alpha value is -2.95. The maximum absolute atomic E-state index is 12.9. The first kappa shape index (κ1) is 18.8. The van der Waals surface area contributed by atoms with Gasteiger partial charge in [0.2, 0.25) is 0 Å². The van der Waals surface area contributed by atoms with E-state index in [0.717, 1.165) is 40.9 Å². The largest absolute Gasteiger partial charge is 0.320 e. The number of benzene rings is 2. The van der Waals surface area contributed by atoms with E-state index in [2.05, 4.69) is 35.4 Å². The Kier molecular flexibility index (Phi) is 5.40. The van der Waals surface area contributed by atoms with E-state index in [0.29, 0.717) is 11.4 Å². The summed E-state index contributed by atoms with van der Waals surface area (Å²) in [5.41, 5.74) is 7.24. The van der Waals surface area contributed by atoms with E-state index in [1.807, 2.05) is 51.1 Å². The number of carbonyl (C=O) groups is 1. The number of hydrogen-bond acceptors (Lipinski definition) is 3. The lowest BCUT2D eigenvalue weighted by Gasteiger charge is -2.13. The van der Waals surface area contributed by atoms with E-state index in [4.69, 9.17) is 0 Å². The van der Waals surface area contributed by atoms with Crippen molar-refractivity contribution in [2.24, 2.45) is 0 Å². The van der Waals surface area contributed by atoms with Crippen LogP contribution >= 0.6 is 0 Å². The smallest absolute Gasteiger partial charge is 0.278 e. The minimum absolute atomic E-state index is 0.223. The highest BCUT2D eigenvalue weighted by molar-refractivity contribution is 6.04. The van der Waals surface area contributed by atoms with Crippen LogP contribution in [0.1, 0.15) is 52.3 Å². The van der Waals surface area contributed by atoms with Crippen LogP contribution in [-0.4, -0.2) is 20.9 Å². The third kappa shape index (κ3) is 3.77. The zero-order chi connectivity index (χ0) is 19.6. The molecule has 1 aromatic heterocycles. The molecular formula is C22H26N4O. The van der Waals surface area contributed by atoms with Crippen LogP contribution in [-0.2, 0) is 12.8 Å². The SMILES string of the molecule is CCc1cccc(CC)c1NC(=O)c1nn(-c2ccc(C)cc2C)nc1C. The van der Waals surface area contributed by atoms with Crippen molar-refractivity contribution < 1.29 is 4.79 Å². The van der Waals surface area contributed by atoms with Gasteiger partial charge in [-0.2, -0.15) is 9.90 Å². The second kappa shape index (κ2) is 7.74. The first-order valence-corrected chi connectivity index (χ1v) is 9.38. The minimum atomic E-state index is -0.223. The van der Waals surface area contributed by atoms with E-state index in [1.54, 1.807) is 4.80 Å². The second-order valence-corrected chi connectivity index (χ2v) is 6.83. The lowest BCUT2D eigenvalue weighted by molar-refractivity contribution is 0.102. The number of nitrogens with zero attached hydrogens (tertiary/aromatic N) is 3. The van der Waals surface area contributed by atoms with Gasteiger partial charge in [0.1, 0.15) is 0 Å². The number of nitrogens with one attached hydrogen (secondary N) is 1. The van der Waals surface area contributed by atoms with Crippen LogP contribution in [0.4, 0.5) is 5.69 Å². The van der Waals surface area contributed by atoms with E-state index >= 15 is 0 Å². The molecule has 140 valence electrons. The Balaban J connectivity index is 1.94. The maximum Gasteiger partial charge on any atom is 0.278 e. The summed E-state index contributed by atoms with van der Waals surface area (Å²) in [7, 11) is 0. The fraction of sp³-hybridized carbons (Fsp3) is 0.318. The molecule has 0 spiro atoms. The molecule has 0 radical (unpaired) electrons. The van der Waals surface area contributed by atoms with E-state index in [-0.39, 0.29) is 5.91 Å². The molecule has 1 N–H and O–H groups in total. The molecule has 0 atom stereocenters. The molecule has 1 amide bonds. The molecule has 0 aliphatic heterocycles. The number of anilines is 1. The summed E-state index contributed by atoms with van der Waals surface area (Å²) < 4.78 is 0. The zero-order valence-electron chi connectivity index (χ0n) is 16.6. The maximum atomic E-state index is 12.9. The van der Waals surface area contributed by atoms with Crippen molar-refractivity contribution in [2.75, 3.05) is 5.32 Å². The molecule has 0 unspecified atom stereocenters. The van der Waals surface area contributed by atoms with Gasteiger partial charge in [0, 0.05) is 5.69 Å². The number of amides is 1. The van der Waals surface area contributed by atoms with E-state index in [1.165, 1.54) is 5.56 Å². The fourth-order valence-electron chi connectivity index (χ4n) is 3.30. The van der Waals surface area contributed by atoms with E-state index < -0.39 is 0 Å². The number of para-hydroxylation sites is 1. The Morgan fingerprint density at radius 3 is 2.26 bits per heavy atom. The van der Waals surface area contributed by atoms with Crippen molar-refractivity contribution >= 4 is 11.6 Å². The summed E-state index contributed by atoms with van der Waals surface area (Å²) in [5.74, 6) is -0.223. The average molecular weight is 362 g/mol. The third-order valence-electron chi connectivity index (χ3n) is 4.80. The highest BCUT2D eigenvalue weighted by atomic mass is 16.2. The highest BCUT2D eigenvalue weighted by Crippen LogP contribution is 2.23. The lowest BCUT2D eigenvalue weighted by atomic mass is 10.0. The summed E-state index contributed by atoms with van der Waals surface area (Å²) in [6, 6.07) is 12.2. The van der Waals surface area contributed by atoms with Crippen molar-refractivity contribution in [3.8, 4) is 5.69 Å². The molecule has 2 aromatic carbocycles. The Morgan fingerprint density at radius 2 is 1.67 bits per heavy atom. The topological polar surface area (TPSA) is 59.8 Å². The number of aromatic nitrogens is 3. The van der Waals surface area contributed by atoms with Gasteiger partial charge in [-0.15, -0.1) is 5.10 Å². The number of aryl methyl sites for hydroxylation is 5. The molecule has 5 heteroatoms. The molecule has 0 saturated heterocycles. The highest BCUT2D eigenvalue weighted by Gasteiger charge is 2.19. The average Bonchev–Trinajstić information content (AvgIpc) is 3.03. The van der Waals surface area contributed by atoms with Gasteiger partial charge < -0.3 is 5.32 Å². The Morgan fingerprint density at radius 1 is 1.00 bits per heavy atom. The van der Waals surface area contributed by atoms with Crippen LogP contribution in [0.25, 0.3) is 5.69 Å². The second-order valence-electron chi connectivity index (χ2n) is 6.83. The molecule has 0 saturated carbocycles. The quantitative estimate of drug-likeness (QED) is 0.723. The molecule has 1 heterocycles. The van der Waals surface area contributed by atoms with Crippen molar-refractivity contribution in [3.05, 3.63) is 70.0 Å². The first-order valence-electron chi connectivity index (χ1n) is 9.38.